The lowest BCUT2D eigenvalue weighted by atomic mass is 10.1. The molecule has 0 aliphatic heterocycles. The van der Waals surface area contributed by atoms with Crippen LogP contribution in [0.25, 0.3) is 0 Å². The van der Waals surface area contributed by atoms with E-state index in [0.29, 0.717) is 11.3 Å². The second-order valence-electron chi connectivity index (χ2n) is 4.08. The summed E-state index contributed by atoms with van der Waals surface area (Å²) < 4.78 is 5.23. The molecule has 2 rings (SSSR count). The first-order valence-electron chi connectivity index (χ1n) is 5.93. The Hall–Kier alpha value is -2.16. The van der Waals surface area contributed by atoms with Crippen molar-refractivity contribution in [1.82, 2.24) is 4.98 Å². The third-order valence-electron chi connectivity index (χ3n) is 2.69. The Kier molecular flexibility index (Phi) is 3.72. The molecule has 0 amide bonds. The quantitative estimate of drug-likeness (QED) is 0.775. The van der Waals surface area contributed by atoms with Gasteiger partial charge in [0.1, 0.15) is 5.75 Å². The molecular weight excluding hydrogens is 226 g/mol. The molecule has 0 N–H and O–H groups in total. The summed E-state index contributed by atoms with van der Waals surface area (Å²) in [4.78, 5) is 15.9. The molecule has 2 aromatic rings. The molecule has 0 fully saturated rings. The van der Waals surface area contributed by atoms with Crippen LogP contribution in [0.5, 0.6) is 5.75 Å². The van der Waals surface area contributed by atoms with E-state index in [1.807, 2.05) is 25.1 Å². The molecule has 0 saturated heterocycles. The molecule has 0 aliphatic carbocycles. The molecule has 0 radical (unpaired) electrons. The number of benzene rings is 1. The predicted octanol–water partition coefficient (Wildman–Crippen LogP) is 3.17. The highest BCUT2D eigenvalue weighted by molar-refractivity contribution is 5.91. The summed E-state index contributed by atoms with van der Waals surface area (Å²) >= 11 is 0. The van der Waals surface area contributed by atoms with Crippen molar-refractivity contribution in [2.24, 2.45) is 0 Å². The molecule has 18 heavy (non-hydrogen) atoms. The predicted molar refractivity (Wildman–Crippen MR) is 69.8 cm³/mol. The van der Waals surface area contributed by atoms with Crippen LogP contribution < -0.4 is 4.74 Å². The van der Waals surface area contributed by atoms with Gasteiger partial charge in [0.25, 0.3) is 0 Å². The molecule has 0 aliphatic rings. The maximum Gasteiger partial charge on any atom is 0.343 e. The van der Waals surface area contributed by atoms with Gasteiger partial charge in [0.15, 0.2) is 0 Å². The van der Waals surface area contributed by atoms with Gasteiger partial charge in [0.2, 0.25) is 0 Å². The highest BCUT2D eigenvalue weighted by atomic mass is 16.5. The number of ether oxygens (including phenoxy) is 1. The van der Waals surface area contributed by atoms with Gasteiger partial charge in [-0.25, -0.2) is 4.79 Å². The van der Waals surface area contributed by atoms with Crippen molar-refractivity contribution in [2.75, 3.05) is 0 Å². The van der Waals surface area contributed by atoms with Gasteiger partial charge in [-0.1, -0.05) is 19.1 Å². The maximum atomic E-state index is 11.8. The van der Waals surface area contributed by atoms with E-state index < -0.39 is 0 Å². The molecule has 0 unspecified atom stereocenters. The fourth-order valence-corrected chi connectivity index (χ4v) is 1.56. The molecule has 92 valence electrons. The van der Waals surface area contributed by atoms with Crippen LogP contribution in [-0.2, 0) is 6.42 Å². The monoisotopic (exact) mass is 241 g/mol. The Labute approximate surface area is 106 Å². The minimum atomic E-state index is -0.358. The minimum Gasteiger partial charge on any atom is -0.421 e. The number of carbonyl (C=O) groups excluding carboxylic acids is 1. The summed E-state index contributed by atoms with van der Waals surface area (Å²) in [5.41, 5.74) is 2.64. The highest BCUT2D eigenvalue weighted by Crippen LogP contribution is 2.12. The summed E-state index contributed by atoms with van der Waals surface area (Å²) in [5.74, 6) is 0.105. The molecule has 0 spiro atoms. The average Bonchev–Trinajstić information content (AvgIpc) is 2.41. The zero-order valence-electron chi connectivity index (χ0n) is 10.5. The van der Waals surface area contributed by atoms with Crippen LogP contribution in [0.4, 0.5) is 0 Å². The highest BCUT2D eigenvalue weighted by Gasteiger charge is 2.08. The third kappa shape index (κ3) is 2.94. The van der Waals surface area contributed by atoms with Crippen molar-refractivity contribution in [3.63, 3.8) is 0 Å². The van der Waals surface area contributed by atoms with Crippen LogP contribution in [0, 0.1) is 6.92 Å². The molecule has 0 bridgehead atoms. The Bertz CT molecular complexity index is 529. The fraction of sp³-hybridized carbons (Fsp3) is 0.200. The van der Waals surface area contributed by atoms with Crippen molar-refractivity contribution in [2.45, 2.75) is 20.3 Å². The van der Waals surface area contributed by atoms with Crippen LogP contribution in [0.15, 0.2) is 42.6 Å². The standard InChI is InChI=1S/C15H15NO2/c1-3-12-5-7-13(8-6-12)15(17)18-14-9-4-11(2)16-10-14/h4-10H,3H2,1-2H3. The zero-order chi connectivity index (χ0) is 13.0. The van der Waals surface area contributed by atoms with Gasteiger partial charge < -0.3 is 4.74 Å². The summed E-state index contributed by atoms with van der Waals surface area (Å²) in [6.45, 7) is 3.96. The number of aromatic nitrogens is 1. The van der Waals surface area contributed by atoms with Crippen LogP contribution in [-0.4, -0.2) is 11.0 Å². The van der Waals surface area contributed by atoms with Crippen molar-refractivity contribution in [3.05, 3.63) is 59.4 Å². The Morgan fingerprint density at radius 3 is 2.44 bits per heavy atom. The van der Waals surface area contributed by atoms with Gasteiger partial charge >= 0.3 is 5.97 Å². The lowest BCUT2D eigenvalue weighted by Crippen LogP contribution is -2.08. The van der Waals surface area contributed by atoms with Crippen molar-refractivity contribution in [1.29, 1.82) is 0 Å². The normalized spacial score (nSPS) is 10.1. The average molecular weight is 241 g/mol. The molecule has 3 heteroatoms. The lowest BCUT2D eigenvalue weighted by Gasteiger charge is -2.04. The minimum absolute atomic E-state index is 0.358. The summed E-state index contributed by atoms with van der Waals surface area (Å²) in [6.07, 6.45) is 2.50. The molecule has 1 aromatic heterocycles. The van der Waals surface area contributed by atoms with Crippen LogP contribution in [0.2, 0.25) is 0 Å². The first-order valence-corrected chi connectivity index (χ1v) is 5.93. The van der Waals surface area contributed by atoms with E-state index in [1.54, 1.807) is 24.4 Å². The number of rotatable bonds is 3. The third-order valence-corrected chi connectivity index (χ3v) is 2.69. The smallest absolute Gasteiger partial charge is 0.343 e. The number of hydrogen-bond donors (Lipinski definition) is 0. The van der Waals surface area contributed by atoms with E-state index in [4.69, 9.17) is 4.74 Å². The van der Waals surface area contributed by atoms with Gasteiger partial charge in [-0.15, -0.1) is 0 Å². The number of nitrogens with zero attached hydrogens (tertiary/aromatic N) is 1. The van der Waals surface area contributed by atoms with Crippen LogP contribution in [0.1, 0.15) is 28.5 Å². The summed E-state index contributed by atoms with van der Waals surface area (Å²) in [7, 11) is 0. The number of esters is 1. The van der Waals surface area contributed by atoms with Crippen molar-refractivity contribution < 1.29 is 9.53 Å². The summed E-state index contributed by atoms with van der Waals surface area (Å²) in [5, 5.41) is 0. The van der Waals surface area contributed by atoms with E-state index in [1.165, 1.54) is 5.56 Å². The zero-order valence-corrected chi connectivity index (χ0v) is 10.5. The van der Waals surface area contributed by atoms with Gasteiger partial charge in [0.05, 0.1) is 11.8 Å². The first kappa shape index (κ1) is 12.3. The largest absolute Gasteiger partial charge is 0.421 e. The van der Waals surface area contributed by atoms with Crippen molar-refractivity contribution in [3.8, 4) is 5.75 Å². The Balaban J connectivity index is 2.09. The molecule has 3 nitrogen and oxygen atoms in total. The molecule has 1 heterocycles. The second kappa shape index (κ2) is 5.45. The van der Waals surface area contributed by atoms with E-state index in [-0.39, 0.29) is 5.97 Å². The number of hydrogen-bond acceptors (Lipinski definition) is 3. The number of pyridine rings is 1. The fourth-order valence-electron chi connectivity index (χ4n) is 1.56. The second-order valence-corrected chi connectivity index (χ2v) is 4.08. The van der Waals surface area contributed by atoms with Gasteiger partial charge in [0, 0.05) is 5.69 Å². The van der Waals surface area contributed by atoms with Gasteiger partial charge in [-0.3, -0.25) is 4.98 Å². The number of carbonyl (C=O) groups is 1. The van der Waals surface area contributed by atoms with Crippen molar-refractivity contribution >= 4 is 5.97 Å². The Morgan fingerprint density at radius 1 is 1.17 bits per heavy atom. The van der Waals surface area contributed by atoms with E-state index >= 15 is 0 Å². The van der Waals surface area contributed by atoms with E-state index in [0.717, 1.165) is 12.1 Å². The first-order chi connectivity index (χ1) is 8.69. The van der Waals surface area contributed by atoms with Gasteiger partial charge in [-0.2, -0.15) is 0 Å². The SMILES string of the molecule is CCc1ccc(C(=O)Oc2ccc(C)nc2)cc1. The van der Waals surface area contributed by atoms with E-state index in [9.17, 15) is 4.79 Å². The number of aryl methyl sites for hydroxylation is 2. The lowest BCUT2D eigenvalue weighted by molar-refractivity contribution is 0.0734. The van der Waals surface area contributed by atoms with E-state index in [2.05, 4.69) is 11.9 Å². The van der Waals surface area contributed by atoms with Crippen LogP contribution >= 0.6 is 0 Å². The van der Waals surface area contributed by atoms with Crippen LogP contribution in [0.3, 0.4) is 0 Å². The maximum absolute atomic E-state index is 11.8. The molecular formula is C15H15NO2. The Morgan fingerprint density at radius 2 is 1.89 bits per heavy atom. The summed E-state index contributed by atoms with van der Waals surface area (Å²) in [6, 6.07) is 11.0. The van der Waals surface area contributed by atoms with Gasteiger partial charge in [-0.05, 0) is 43.2 Å². The molecule has 0 saturated carbocycles. The topological polar surface area (TPSA) is 39.2 Å². The molecule has 1 aromatic carbocycles. The molecule has 0 atom stereocenters.